The van der Waals surface area contributed by atoms with Crippen molar-refractivity contribution in [3.05, 3.63) is 58.4 Å². The van der Waals surface area contributed by atoms with Crippen molar-refractivity contribution in [2.75, 3.05) is 6.54 Å². The third kappa shape index (κ3) is 4.11. The van der Waals surface area contributed by atoms with E-state index < -0.39 is 0 Å². The number of para-hydroxylation sites is 1. The number of fused-ring (bicyclic) bond motifs is 1. The molecule has 25 heavy (non-hydrogen) atoms. The Morgan fingerprint density at radius 1 is 1.16 bits per heavy atom. The normalized spacial score (nSPS) is 13.9. The Labute approximate surface area is 152 Å². The maximum Gasteiger partial charge on any atom is 0.237 e. The largest absolute Gasteiger partial charge is 0.361 e. The minimum Gasteiger partial charge on any atom is -0.361 e. The first-order valence-corrected chi connectivity index (χ1v) is 9.57. The van der Waals surface area contributed by atoms with Gasteiger partial charge >= 0.3 is 0 Å². The van der Waals surface area contributed by atoms with Gasteiger partial charge in [0, 0.05) is 40.5 Å². The number of nitrogens with one attached hydrogen (secondary N) is 3. The number of thiophene rings is 1. The Morgan fingerprint density at radius 3 is 2.68 bits per heavy atom. The summed E-state index contributed by atoms with van der Waals surface area (Å²) in [5.74, 6) is 0.254. The van der Waals surface area contributed by atoms with Crippen LogP contribution >= 0.6 is 11.3 Å². The van der Waals surface area contributed by atoms with Crippen LogP contribution in [-0.4, -0.2) is 29.5 Å². The van der Waals surface area contributed by atoms with Gasteiger partial charge in [-0.2, -0.15) is 0 Å². The van der Waals surface area contributed by atoms with Crippen LogP contribution in [0.25, 0.3) is 10.9 Å². The molecule has 1 amide bonds. The molecule has 0 aliphatic heterocycles. The molecule has 0 bridgehead atoms. The van der Waals surface area contributed by atoms with Gasteiger partial charge in [0.15, 0.2) is 0 Å². The van der Waals surface area contributed by atoms with E-state index in [2.05, 4.69) is 57.5 Å². The van der Waals surface area contributed by atoms with Crippen molar-refractivity contribution in [1.82, 2.24) is 15.6 Å². The summed E-state index contributed by atoms with van der Waals surface area (Å²) in [6.07, 6.45) is 2.09. The maximum atomic E-state index is 12.2. The first kappa shape index (κ1) is 17.7. The minimum atomic E-state index is -0.227. The number of benzene rings is 1. The van der Waals surface area contributed by atoms with E-state index in [1.807, 2.05) is 26.8 Å². The summed E-state index contributed by atoms with van der Waals surface area (Å²) in [5.41, 5.74) is 2.41. The van der Waals surface area contributed by atoms with Gasteiger partial charge in [-0.05, 0) is 43.8 Å². The lowest BCUT2D eigenvalue weighted by atomic mass is 9.96. The van der Waals surface area contributed by atoms with Gasteiger partial charge < -0.3 is 15.6 Å². The number of aromatic amines is 1. The Morgan fingerprint density at radius 2 is 1.96 bits per heavy atom. The highest BCUT2D eigenvalue weighted by atomic mass is 32.1. The molecular formula is C20H25N3OS. The monoisotopic (exact) mass is 355 g/mol. The smallest absolute Gasteiger partial charge is 0.237 e. The minimum absolute atomic E-state index is 0.0406. The van der Waals surface area contributed by atoms with Gasteiger partial charge in [-0.1, -0.05) is 24.3 Å². The van der Waals surface area contributed by atoms with E-state index in [0.29, 0.717) is 0 Å². The number of amides is 1. The lowest BCUT2D eigenvalue weighted by Gasteiger charge is -2.20. The highest BCUT2D eigenvalue weighted by Crippen LogP contribution is 2.32. The Bertz CT molecular complexity index is 822. The third-order valence-electron chi connectivity index (χ3n) is 4.34. The van der Waals surface area contributed by atoms with Crippen LogP contribution in [0.1, 0.15) is 37.1 Å². The summed E-state index contributed by atoms with van der Waals surface area (Å²) in [5, 5.41) is 9.71. The van der Waals surface area contributed by atoms with E-state index in [1.54, 1.807) is 11.3 Å². The average molecular weight is 356 g/mol. The van der Waals surface area contributed by atoms with E-state index in [0.717, 1.165) is 12.1 Å². The summed E-state index contributed by atoms with van der Waals surface area (Å²) in [7, 11) is 0. The molecule has 2 atom stereocenters. The molecule has 132 valence electrons. The van der Waals surface area contributed by atoms with Crippen LogP contribution in [0, 0.1) is 0 Å². The predicted octanol–water partition coefficient (Wildman–Crippen LogP) is 3.86. The molecule has 3 aromatic rings. The van der Waals surface area contributed by atoms with Crippen LogP contribution in [0.2, 0.25) is 0 Å². The molecule has 0 aliphatic rings. The SMILES string of the molecule is CC(C)NC(=O)[C@H](C)NC[C@H](c1cccs1)c1c[nH]c2ccccc12. The number of H-pyrrole nitrogens is 1. The molecule has 4 nitrogen and oxygen atoms in total. The summed E-state index contributed by atoms with van der Waals surface area (Å²) in [4.78, 5) is 16.8. The number of hydrogen-bond donors (Lipinski definition) is 3. The molecule has 0 fully saturated rings. The van der Waals surface area contributed by atoms with Crippen molar-refractivity contribution in [2.45, 2.75) is 38.8 Å². The molecule has 0 saturated carbocycles. The van der Waals surface area contributed by atoms with Crippen molar-refractivity contribution >= 4 is 28.1 Å². The van der Waals surface area contributed by atoms with E-state index >= 15 is 0 Å². The zero-order valence-corrected chi connectivity index (χ0v) is 15.7. The number of carbonyl (C=O) groups excluding carboxylic acids is 1. The highest BCUT2D eigenvalue weighted by Gasteiger charge is 2.21. The van der Waals surface area contributed by atoms with Gasteiger partial charge in [0.1, 0.15) is 0 Å². The fourth-order valence-corrected chi connectivity index (χ4v) is 3.88. The fraction of sp³-hybridized carbons (Fsp3) is 0.350. The van der Waals surface area contributed by atoms with Crippen LogP contribution in [0.3, 0.4) is 0 Å². The van der Waals surface area contributed by atoms with Crippen LogP contribution in [0.4, 0.5) is 0 Å². The molecule has 0 saturated heterocycles. The van der Waals surface area contributed by atoms with Crippen LogP contribution in [-0.2, 0) is 4.79 Å². The third-order valence-corrected chi connectivity index (χ3v) is 5.32. The zero-order chi connectivity index (χ0) is 17.8. The summed E-state index contributed by atoms with van der Waals surface area (Å²) in [6, 6.07) is 12.5. The Balaban J connectivity index is 1.81. The van der Waals surface area contributed by atoms with E-state index in [-0.39, 0.29) is 23.9 Å². The van der Waals surface area contributed by atoms with Crippen LogP contribution in [0.5, 0.6) is 0 Å². The van der Waals surface area contributed by atoms with Crippen molar-refractivity contribution in [3.63, 3.8) is 0 Å². The van der Waals surface area contributed by atoms with Crippen LogP contribution in [0.15, 0.2) is 48.0 Å². The molecule has 0 aliphatic carbocycles. The second-order valence-corrected chi connectivity index (χ2v) is 7.63. The lowest BCUT2D eigenvalue weighted by Crippen LogP contribution is -2.45. The van der Waals surface area contributed by atoms with Crippen molar-refractivity contribution in [2.24, 2.45) is 0 Å². The Kier molecular flexibility index (Phi) is 5.56. The van der Waals surface area contributed by atoms with Crippen molar-refractivity contribution in [3.8, 4) is 0 Å². The topological polar surface area (TPSA) is 56.9 Å². The summed E-state index contributed by atoms with van der Waals surface area (Å²) < 4.78 is 0. The molecule has 0 radical (unpaired) electrons. The molecular weight excluding hydrogens is 330 g/mol. The molecule has 5 heteroatoms. The van der Waals surface area contributed by atoms with Crippen LogP contribution < -0.4 is 10.6 Å². The van der Waals surface area contributed by atoms with E-state index in [1.165, 1.54) is 15.8 Å². The van der Waals surface area contributed by atoms with Gasteiger partial charge in [0.25, 0.3) is 0 Å². The van der Waals surface area contributed by atoms with Gasteiger partial charge in [-0.25, -0.2) is 0 Å². The van der Waals surface area contributed by atoms with E-state index in [4.69, 9.17) is 0 Å². The van der Waals surface area contributed by atoms with Gasteiger partial charge in [0.2, 0.25) is 5.91 Å². The standard InChI is InChI=1S/C20H25N3OS/c1-13(2)23-20(24)14(3)21-12-17(19-9-6-10-25-19)16-11-22-18-8-5-4-7-15(16)18/h4-11,13-14,17,21-22H,12H2,1-3H3,(H,23,24)/t14-,17-/m0/s1. The van der Waals surface area contributed by atoms with Gasteiger partial charge in [-0.15, -0.1) is 11.3 Å². The van der Waals surface area contributed by atoms with E-state index in [9.17, 15) is 4.79 Å². The number of hydrogen-bond acceptors (Lipinski definition) is 3. The predicted molar refractivity (Wildman–Crippen MR) is 105 cm³/mol. The molecule has 2 aromatic heterocycles. The summed E-state index contributed by atoms with van der Waals surface area (Å²) >= 11 is 1.75. The highest BCUT2D eigenvalue weighted by molar-refractivity contribution is 7.10. The maximum absolute atomic E-state index is 12.2. The summed E-state index contributed by atoms with van der Waals surface area (Å²) in [6.45, 7) is 6.59. The van der Waals surface area contributed by atoms with Crippen molar-refractivity contribution in [1.29, 1.82) is 0 Å². The van der Waals surface area contributed by atoms with Gasteiger partial charge in [-0.3, -0.25) is 4.79 Å². The zero-order valence-electron chi connectivity index (χ0n) is 14.9. The average Bonchev–Trinajstić information content (AvgIpc) is 3.25. The molecule has 3 N–H and O–H groups in total. The molecule has 1 aromatic carbocycles. The number of rotatable bonds is 7. The fourth-order valence-electron chi connectivity index (χ4n) is 3.03. The second-order valence-electron chi connectivity index (χ2n) is 6.65. The quantitative estimate of drug-likeness (QED) is 0.603. The molecule has 0 spiro atoms. The van der Waals surface area contributed by atoms with Crippen molar-refractivity contribution < 1.29 is 4.79 Å². The number of aromatic nitrogens is 1. The van der Waals surface area contributed by atoms with Gasteiger partial charge in [0.05, 0.1) is 6.04 Å². The second kappa shape index (κ2) is 7.85. The molecule has 0 unspecified atom stereocenters. The Hall–Kier alpha value is -2.11. The first-order chi connectivity index (χ1) is 12.1. The molecule has 3 rings (SSSR count). The molecule has 2 heterocycles. The first-order valence-electron chi connectivity index (χ1n) is 8.69. The lowest BCUT2D eigenvalue weighted by molar-refractivity contribution is -0.123. The number of carbonyl (C=O) groups is 1.